The number of aliphatic hydroxyl groups is 1. The zero-order chi connectivity index (χ0) is 22.4. The minimum Gasteiger partial charge on any atom is -0.406 e. The number of nitrogens with zero attached hydrogens (tertiary/aromatic N) is 1. The summed E-state index contributed by atoms with van der Waals surface area (Å²) >= 11 is 0. The Morgan fingerprint density at radius 2 is 1.90 bits per heavy atom. The number of aliphatic hydroxyl groups excluding tert-OH is 1. The molecule has 0 radical (unpaired) electrons. The third-order valence-electron chi connectivity index (χ3n) is 4.46. The van der Waals surface area contributed by atoms with E-state index in [1.807, 2.05) is 0 Å². The van der Waals surface area contributed by atoms with Gasteiger partial charge in [-0.15, -0.1) is 13.2 Å². The third kappa shape index (κ3) is 5.09. The predicted octanol–water partition coefficient (Wildman–Crippen LogP) is 2.58. The number of benzene rings is 1. The average Bonchev–Trinajstić information content (AvgIpc) is 3.28. The van der Waals surface area contributed by atoms with Crippen molar-refractivity contribution in [1.29, 1.82) is 0 Å². The maximum atomic E-state index is 12.4. The number of carbonyl (C=O) groups is 2. The van der Waals surface area contributed by atoms with Crippen LogP contribution in [0.25, 0.3) is 0 Å². The number of ketones is 1. The largest absolute Gasteiger partial charge is 0.573 e. The molecule has 0 saturated carbocycles. The molecule has 1 aromatic rings. The first-order chi connectivity index (χ1) is 13.8. The summed E-state index contributed by atoms with van der Waals surface area (Å²) in [6.07, 6.45) is -8.05. The SMILES string of the molecule is CC(OC1OC1CN1C(=O)C(=O)c2cc(OC(F)(F)F)ccc21)OC(O)C(C)(C)C. The van der Waals surface area contributed by atoms with Gasteiger partial charge in [0, 0.05) is 5.41 Å². The van der Waals surface area contributed by atoms with Crippen LogP contribution < -0.4 is 9.64 Å². The Balaban J connectivity index is 1.60. The molecule has 2 heterocycles. The molecule has 1 saturated heterocycles. The van der Waals surface area contributed by atoms with Crippen molar-refractivity contribution >= 4 is 17.4 Å². The van der Waals surface area contributed by atoms with Crippen LogP contribution in [0.1, 0.15) is 38.1 Å². The van der Waals surface area contributed by atoms with Crippen LogP contribution in [0.2, 0.25) is 0 Å². The van der Waals surface area contributed by atoms with Gasteiger partial charge in [-0.1, -0.05) is 20.8 Å². The van der Waals surface area contributed by atoms with Gasteiger partial charge in [0.05, 0.1) is 17.8 Å². The molecule has 1 N–H and O–H groups in total. The van der Waals surface area contributed by atoms with Gasteiger partial charge in [-0.3, -0.25) is 9.59 Å². The number of rotatable bonds is 7. The number of Topliss-reactive ketones (excluding diaryl/α,β-unsaturated/α-hetero) is 1. The molecule has 8 nitrogen and oxygen atoms in total. The van der Waals surface area contributed by atoms with Gasteiger partial charge in [-0.2, -0.15) is 0 Å². The summed E-state index contributed by atoms with van der Waals surface area (Å²) in [6, 6.07) is 3.12. The number of epoxide rings is 1. The average molecular weight is 433 g/mol. The number of carbonyl (C=O) groups excluding carboxylic acids is 2. The highest BCUT2D eigenvalue weighted by molar-refractivity contribution is 6.52. The maximum Gasteiger partial charge on any atom is 0.573 e. The maximum absolute atomic E-state index is 12.4. The molecule has 4 unspecified atom stereocenters. The van der Waals surface area contributed by atoms with E-state index in [4.69, 9.17) is 14.2 Å². The molecule has 30 heavy (non-hydrogen) atoms. The highest BCUT2D eigenvalue weighted by atomic mass is 19.4. The van der Waals surface area contributed by atoms with Gasteiger partial charge >= 0.3 is 6.36 Å². The van der Waals surface area contributed by atoms with Crippen LogP contribution in [0.3, 0.4) is 0 Å². The fourth-order valence-corrected chi connectivity index (χ4v) is 2.82. The Morgan fingerprint density at radius 1 is 1.23 bits per heavy atom. The van der Waals surface area contributed by atoms with Crippen LogP contribution >= 0.6 is 0 Å². The van der Waals surface area contributed by atoms with E-state index >= 15 is 0 Å². The van der Waals surface area contributed by atoms with Crippen LogP contribution in [-0.2, 0) is 19.0 Å². The topological polar surface area (TPSA) is 97.8 Å². The number of alkyl halides is 3. The van der Waals surface area contributed by atoms with E-state index < -0.39 is 54.2 Å². The fraction of sp³-hybridized carbons (Fsp3) is 0.579. The van der Waals surface area contributed by atoms with Crippen molar-refractivity contribution in [2.24, 2.45) is 5.41 Å². The van der Waals surface area contributed by atoms with E-state index in [2.05, 4.69) is 4.74 Å². The third-order valence-corrected chi connectivity index (χ3v) is 4.46. The molecule has 166 valence electrons. The van der Waals surface area contributed by atoms with Gasteiger partial charge in [-0.05, 0) is 25.1 Å². The van der Waals surface area contributed by atoms with Crippen molar-refractivity contribution in [2.75, 3.05) is 11.4 Å². The Hall–Kier alpha value is -2.21. The van der Waals surface area contributed by atoms with Crippen molar-refractivity contribution in [3.63, 3.8) is 0 Å². The van der Waals surface area contributed by atoms with Crippen LogP contribution in [0.5, 0.6) is 5.75 Å². The zero-order valence-corrected chi connectivity index (χ0v) is 16.7. The lowest BCUT2D eigenvalue weighted by Crippen LogP contribution is -2.35. The summed E-state index contributed by atoms with van der Waals surface area (Å²) in [5.41, 5.74) is -0.520. The molecule has 1 amide bonds. The van der Waals surface area contributed by atoms with E-state index in [0.717, 1.165) is 17.0 Å². The minimum absolute atomic E-state index is 0.0315. The number of hydrogen-bond donors (Lipinski definition) is 1. The van der Waals surface area contributed by atoms with Gasteiger partial charge in [0.25, 0.3) is 11.7 Å². The molecule has 2 aliphatic rings. The second-order valence-corrected chi connectivity index (χ2v) is 8.07. The smallest absolute Gasteiger partial charge is 0.406 e. The molecular formula is C19H22F3NO7. The monoisotopic (exact) mass is 433 g/mol. The molecule has 0 aromatic heterocycles. The summed E-state index contributed by atoms with van der Waals surface area (Å²) in [6.45, 7) is 6.92. The van der Waals surface area contributed by atoms with Gasteiger partial charge in [0.1, 0.15) is 11.9 Å². The minimum atomic E-state index is -4.91. The number of halogens is 3. The molecule has 11 heteroatoms. The molecule has 1 aromatic carbocycles. The second kappa shape index (κ2) is 7.80. The highest BCUT2D eigenvalue weighted by Gasteiger charge is 2.47. The molecule has 0 spiro atoms. The van der Waals surface area contributed by atoms with Crippen LogP contribution in [0.15, 0.2) is 18.2 Å². The number of fused-ring (bicyclic) bond motifs is 1. The van der Waals surface area contributed by atoms with E-state index in [1.54, 1.807) is 27.7 Å². The first kappa shape index (κ1) is 22.5. The standard InChI is InChI=1S/C19H22F3NO7/c1-9(28-17(26)18(2,3)4)27-16-13(29-16)8-23-12-6-5-10(30-19(20,21)22)7-11(12)14(24)15(23)25/h5-7,9,13,16-17,26H,8H2,1-4H3. The van der Waals surface area contributed by atoms with Crippen molar-refractivity contribution < 1.29 is 46.8 Å². The Morgan fingerprint density at radius 3 is 2.50 bits per heavy atom. The Bertz CT molecular complexity index is 836. The van der Waals surface area contributed by atoms with Crippen molar-refractivity contribution in [2.45, 2.75) is 59.0 Å². The summed E-state index contributed by atoms with van der Waals surface area (Å²) in [7, 11) is 0. The molecule has 4 atom stereocenters. The number of anilines is 1. The summed E-state index contributed by atoms with van der Waals surface area (Å²) in [5, 5.41) is 9.94. The van der Waals surface area contributed by atoms with Gasteiger partial charge in [0.2, 0.25) is 0 Å². The van der Waals surface area contributed by atoms with Gasteiger partial charge in [-0.25, -0.2) is 0 Å². The van der Waals surface area contributed by atoms with E-state index in [-0.39, 0.29) is 17.8 Å². The van der Waals surface area contributed by atoms with Crippen LogP contribution in [0, 0.1) is 5.41 Å². The molecule has 0 aliphatic carbocycles. The number of amides is 1. The first-order valence-electron chi connectivity index (χ1n) is 9.16. The van der Waals surface area contributed by atoms with E-state index in [1.165, 1.54) is 6.07 Å². The molecule has 3 rings (SSSR count). The van der Waals surface area contributed by atoms with Crippen molar-refractivity contribution in [3.8, 4) is 5.75 Å². The number of hydrogen-bond acceptors (Lipinski definition) is 7. The van der Waals surface area contributed by atoms with Crippen molar-refractivity contribution in [3.05, 3.63) is 23.8 Å². The van der Waals surface area contributed by atoms with E-state index in [9.17, 15) is 27.9 Å². The van der Waals surface area contributed by atoms with Crippen molar-refractivity contribution in [1.82, 2.24) is 0 Å². The zero-order valence-electron chi connectivity index (χ0n) is 16.7. The molecular weight excluding hydrogens is 411 g/mol. The molecule has 2 aliphatic heterocycles. The summed E-state index contributed by atoms with van der Waals surface area (Å²) in [5.74, 6) is -2.40. The van der Waals surface area contributed by atoms with Crippen LogP contribution in [-0.4, -0.2) is 54.7 Å². The van der Waals surface area contributed by atoms with Crippen LogP contribution in [0.4, 0.5) is 18.9 Å². The fourth-order valence-electron chi connectivity index (χ4n) is 2.82. The molecule has 1 fully saturated rings. The van der Waals surface area contributed by atoms with Gasteiger partial charge < -0.3 is 29.0 Å². The number of ether oxygens (including phenoxy) is 4. The Kier molecular flexibility index (Phi) is 5.84. The normalized spacial score (nSPS) is 23.4. The lowest BCUT2D eigenvalue weighted by atomic mass is 9.96. The second-order valence-electron chi connectivity index (χ2n) is 8.07. The lowest BCUT2D eigenvalue weighted by Gasteiger charge is -2.28. The summed E-state index contributed by atoms with van der Waals surface area (Å²) in [4.78, 5) is 25.5. The summed E-state index contributed by atoms with van der Waals surface area (Å²) < 4.78 is 57.1. The Labute approximate surface area is 170 Å². The predicted molar refractivity (Wildman–Crippen MR) is 95.6 cm³/mol. The first-order valence-corrected chi connectivity index (χ1v) is 9.16. The molecule has 0 bridgehead atoms. The van der Waals surface area contributed by atoms with Gasteiger partial charge in [0.15, 0.2) is 18.9 Å². The van der Waals surface area contributed by atoms with E-state index in [0.29, 0.717) is 0 Å². The highest BCUT2D eigenvalue weighted by Crippen LogP contribution is 2.36. The quantitative estimate of drug-likeness (QED) is 0.401. The lowest BCUT2D eigenvalue weighted by molar-refractivity contribution is -0.274.